The molecule has 0 N–H and O–H groups in total. The number of para-hydroxylation sites is 1. The summed E-state index contributed by atoms with van der Waals surface area (Å²) in [5.41, 5.74) is 2.96. The van der Waals surface area contributed by atoms with E-state index in [1.807, 2.05) is 62.4 Å². The molecule has 6 rings (SSSR count). The smallest absolute Gasteiger partial charge is 0.296 e. The number of carbonyl (C=O) groups is 1. The maximum absolute atomic E-state index is 13.8. The fourth-order valence-corrected chi connectivity index (χ4v) is 6.07. The van der Waals surface area contributed by atoms with Crippen LogP contribution in [0.4, 0.5) is 5.69 Å². The van der Waals surface area contributed by atoms with Gasteiger partial charge in [-0.15, -0.1) is 0 Å². The van der Waals surface area contributed by atoms with E-state index in [-0.39, 0.29) is 31.9 Å². The van der Waals surface area contributed by atoms with Gasteiger partial charge in [-0.2, -0.15) is 4.98 Å². The molecule has 1 aliphatic rings. The maximum atomic E-state index is 13.8. The topological polar surface area (TPSA) is 90.8 Å². The number of aromatic nitrogens is 4. The highest BCUT2D eigenvalue weighted by Gasteiger charge is 2.38. The lowest BCUT2D eigenvalue weighted by molar-refractivity contribution is -0.113. The van der Waals surface area contributed by atoms with Crippen LogP contribution in [0.1, 0.15) is 22.4 Å². The number of anilines is 1. The number of nitrogens with zero attached hydrogens (tertiary/aromatic N) is 5. The Morgan fingerprint density at radius 3 is 2.33 bits per heavy atom. The number of carbonyl (C=O) groups excluding carboxylic acids is 1. The predicted molar refractivity (Wildman–Crippen MR) is 169 cm³/mol. The van der Waals surface area contributed by atoms with E-state index in [1.165, 1.54) is 20.1 Å². The number of amides is 1. The van der Waals surface area contributed by atoms with E-state index in [4.69, 9.17) is 17.0 Å². The number of aryl methyl sites for hydroxylation is 2. The molecule has 0 saturated carbocycles. The van der Waals surface area contributed by atoms with Gasteiger partial charge in [0, 0.05) is 13.2 Å². The Bertz CT molecular complexity index is 2060. The van der Waals surface area contributed by atoms with E-state index in [9.17, 15) is 14.4 Å². The fraction of sp³-hybridized carbons (Fsp3) is 0.129. The summed E-state index contributed by atoms with van der Waals surface area (Å²) in [6.45, 7) is 5.57. The number of rotatable bonds is 5. The molecule has 0 unspecified atom stereocenters. The van der Waals surface area contributed by atoms with Gasteiger partial charge in [-0.1, -0.05) is 65.9 Å². The molecule has 1 saturated heterocycles. The highest BCUT2D eigenvalue weighted by molar-refractivity contribution is 8.27. The van der Waals surface area contributed by atoms with Gasteiger partial charge in [0.15, 0.2) is 4.32 Å². The maximum Gasteiger partial charge on any atom is 0.296 e. The lowest BCUT2D eigenvalue weighted by Gasteiger charge is -2.13. The van der Waals surface area contributed by atoms with Crippen molar-refractivity contribution in [2.24, 2.45) is 7.05 Å². The number of ether oxygens (including phenoxy) is 1. The third-order valence-electron chi connectivity index (χ3n) is 7.10. The fourth-order valence-electron chi connectivity index (χ4n) is 4.81. The molecule has 2 aromatic carbocycles. The molecule has 4 heterocycles. The summed E-state index contributed by atoms with van der Waals surface area (Å²) in [6, 6.07) is 20.1. The Hall–Kier alpha value is -4.74. The molecule has 0 spiro atoms. The molecular weight excluding hydrogens is 571 g/mol. The van der Waals surface area contributed by atoms with Crippen LogP contribution in [0.15, 0.2) is 87.4 Å². The second-order valence-corrected chi connectivity index (χ2v) is 11.5. The number of pyridine rings is 1. The van der Waals surface area contributed by atoms with Crippen molar-refractivity contribution in [3.05, 3.63) is 121 Å². The van der Waals surface area contributed by atoms with E-state index in [0.29, 0.717) is 22.8 Å². The van der Waals surface area contributed by atoms with Gasteiger partial charge in [-0.25, -0.2) is 4.68 Å². The second-order valence-electron chi connectivity index (χ2n) is 9.86. The molecule has 0 atom stereocenters. The van der Waals surface area contributed by atoms with Crippen LogP contribution < -0.4 is 20.8 Å². The molecular formula is C31H25N5O4S2. The van der Waals surface area contributed by atoms with Crippen molar-refractivity contribution in [3.8, 4) is 17.3 Å². The summed E-state index contributed by atoms with van der Waals surface area (Å²) in [4.78, 5) is 47.3. The van der Waals surface area contributed by atoms with Crippen molar-refractivity contribution in [2.75, 3.05) is 4.90 Å². The highest BCUT2D eigenvalue weighted by Crippen LogP contribution is 2.37. The second kappa shape index (κ2) is 10.6. The van der Waals surface area contributed by atoms with Crippen molar-refractivity contribution in [2.45, 2.75) is 20.8 Å². The largest absolute Gasteiger partial charge is 0.438 e. The Morgan fingerprint density at radius 2 is 1.62 bits per heavy atom. The predicted octanol–water partition coefficient (Wildman–Crippen LogP) is 5.31. The van der Waals surface area contributed by atoms with Crippen LogP contribution in [-0.4, -0.2) is 29.0 Å². The van der Waals surface area contributed by atoms with Gasteiger partial charge in [0.2, 0.25) is 5.88 Å². The lowest BCUT2D eigenvalue weighted by atomic mass is 10.2. The van der Waals surface area contributed by atoms with Crippen molar-refractivity contribution in [1.82, 2.24) is 18.7 Å². The molecule has 1 fully saturated rings. The number of thiocarbonyl (C=S) groups is 1. The molecule has 9 nitrogen and oxygen atoms in total. The zero-order chi connectivity index (χ0) is 29.7. The number of thioether (sulfide) groups is 1. The first-order valence-electron chi connectivity index (χ1n) is 13.0. The van der Waals surface area contributed by atoms with Crippen LogP contribution in [0, 0.1) is 20.8 Å². The van der Waals surface area contributed by atoms with E-state index in [2.05, 4.69) is 4.98 Å². The highest BCUT2D eigenvalue weighted by atomic mass is 32.2. The van der Waals surface area contributed by atoms with Crippen molar-refractivity contribution < 1.29 is 9.53 Å². The number of fused-ring (bicyclic) bond motifs is 1. The Kier molecular flexibility index (Phi) is 6.91. The number of hydrogen-bond donors (Lipinski definition) is 0. The van der Waals surface area contributed by atoms with Gasteiger partial charge in [-0.05, 0) is 62.7 Å². The monoisotopic (exact) mass is 595 g/mol. The van der Waals surface area contributed by atoms with Crippen LogP contribution in [0.3, 0.4) is 0 Å². The summed E-state index contributed by atoms with van der Waals surface area (Å²) < 4.78 is 10.9. The molecule has 210 valence electrons. The van der Waals surface area contributed by atoms with Gasteiger partial charge >= 0.3 is 0 Å². The normalized spacial score (nSPS) is 14.4. The van der Waals surface area contributed by atoms with Crippen LogP contribution >= 0.6 is 24.0 Å². The third kappa shape index (κ3) is 4.56. The van der Waals surface area contributed by atoms with E-state index in [1.54, 1.807) is 43.0 Å². The van der Waals surface area contributed by atoms with Crippen LogP contribution in [0.5, 0.6) is 11.6 Å². The van der Waals surface area contributed by atoms with E-state index >= 15 is 0 Å². The quantitative estimate of drug-likeness (QED) is 0.201. The average molecular weight is 596 g/mol. The van der Waals surface area contributed by atoms with Crippen molar-refractivity contribution in [1.29, 1.82) is 0 Å². The Morgan fingerprint density at radius 1 is 0.905 bits per heavy atom. The minimum atomic E-state index is -0.508. The molecule has 3 aromatic heterocycles. The zero-order valence-electron chi connectivity index (χ0n) is 23.2. The Balaban J connectivity index is 1.47. The first-order valence-corrected chi connectivity index (χ1v) is 14.3. The molecule has 11 heteroatoms. The van der Waals surface area contributed by atoms with Gasteiger partial charge in [0.25, 0.3) is 17.0 Å². The Labute approximate surface area is 250 Å². The first-order chi connectivity index (χ1) is 20.2. The van der Waals surface area contributed by atoms with Gasteiger partial charge in [0.05, 0.1) is 16.3 Å². The number of benzene rings is 2. The molecule has 1 amide bonds. The van der Waals surface area contributed by atoms with Crippen molar-refractivity contribution >= 4 is 51.6 Å². The lowest BCUT2D eigenvalue weighted by Crippen LogP contribution is -2.33. The molecule has 42 heavy (non-hydrogen) atoms. The molecule has 0 bridgehead atoms. The standard InChI is InChI=1S/C31H25N5O4S2/c1-18-12-14-22(15-13-18)40-27-23(28(37)34-16-8-9-19(2)26(34)32-27)17-24-29(38)35(31(41)42-24)25-20(3)33(4)36(30(25)39)21-10-6-5-7-11-21/h5-17H,1-4H3/b24-17+. The molecule has 0 aliphatic carbocycles. The number of hydrogen-bond acceptors (Lipinski definition) is 7. The summed E-state index contributed by atoms with van der Waals surface area (Å²) in [7, 11) is 1.75. The zero-order valence-corrected chi connectivity index (χ0v) is 24.8. The summed E-state index contributed by atoms with van der Waals surface area (Å²) in [6.07, 6.45) is 3.07. The SMILES string of the molecule is Cc1ccc(Oc2nc3c(C)cccn3c(=O)c2/C=C2/SC(=S)N(c3c(C)n(C)n(-c4ccccc4)c3=O)C2=O)cc1. The minimum Gasteiger partial charge on any atom is -0.438 e. The third-order valence-corrected chi connectivity index (χ3v) is 8.40. The van der Waals surface area contributed by atoms with Crippen LogP contribution in [-0.2, 0) is 11.8 Å². The van der Waals surface area contributed by atoms with E-state index in [0.717, 1.165) is 22.9 Å². The molecule has 0 radical (unpaired) electrons. The molecule has 5 aromatic rings. The van der Waals surface area contributed by atoms with Crippen molar-refractivity contribution in [3.63, 3.8) is 0 Å². The average Bonchev–Trinajstić information content (AvgIpc) is 3.37. The minimum absolute atomic E-state index is 0.0609. The van der Waals surface area contributed by atoms with Gasteiger partial charge in [-0.3, -0.25) is 28.4 Å². The summed E-state index contributed by atoms with van der Waals surface area (Å²) in [5.74, 6) is 0.0470. The van der Waals surface area contributed by atoms with Crippen LogP contribution in [0.25, 0.3) is 17.4 Å². The van der Waals surface area contributed by atoms with E-state index < -0.39 is 11.5 Å². The first kappa shape index (κ1) is 27.4. The molecule has 1 aliphatic heterocycles. The van der Waals surface area contributed by atoms with Crippen LogP contribution in [0.2, 0.25) is 0 Å². The summed E-state index contributed by atoms with van der Waals surface area (Å²) >= 11 is 6.61. The summed E-state index contributed by atoms with van der Waals surface area (Å²) in [5, 5.41) is 0. The van der Waals surface area contributed by atoms with Gasteiger partial charge < -0.3 is 4.74 Å². The van der Waals surface area contributed by atoms with Gasteiger partial charge in [0.1, 0.15) is 22.6 Å².